The lowest BCUT2D eigenvalue weighted by Gasteiger charge is -2.23. The van der Waals surface area contributed by atoms with Gasteiger partial charge in [-0.25, -0.2) is 13.2 Å². The Bertz CT molecular complexity index is 816. The largest absolute Gasteiger partial charge is 0.482 e. The van der Waals surface area contributed by atoms with Crippen LogP contribution in [0.3, 0.4) is 0 Å². The third-order valence-electron chi connectivity index (χ3n) is 3.82. The summed E-state index contributed by atoms with van der Waals surface area (Å²) in [6.07, 6.45) is -1.29. The lowest BCUT2D eigenvalue weighted by molar-refractivity contribution is 0.115. The summed E-state index contributed by atoms with van der Waals surface area (Å²) >= 11 is 0. The number of fused-ring (bicyclic) bond motifs is 1. The molecule has 6 heteroatoms. The van der Waals surface area contributed by atoms with Gasteiger partial charge in [-0.15, -0.1) is 0 Å². The standard InChI is InChI=1S/C18H17F3N2O/c1-10-7-11(8-22-14(10)17(20)21)15-12-5-4-6-13(19)16(12)24-18(2,3)9-23-15/h4-8,17H,9H2,1-3H3. The van der Waals surface area contributed by atoms with E-state index in [2.05, 4.69) is 9.98 Å². The van der Waals surface area contributed by atoms with Gasteiger partial charge in [0.2, 0.25) is 0 Å². The van der Waals surface area contributed by atoms with Gasteiger partial charge in [-0.05, 0) is 44.5 Å². The Kier molecular flexibility index (Phi) is 4.07. The van der Waals surface area contributed by atoms with Crippen molar-refractivity contribution in [3.8, 4) is 5.75 Å². The number of rotatable bonds is 2. The summed E-state index contributed by atoms with van der Waals surface area (Å²) < 4.78 is 45.8. The van der Waals surface area contributed by atoms with Gasteiger partial charge < -0.3 is 4.74 Å². The zero-order valence-corrected chi connectivity index (χ0v) is 13.6. The number of aromatic nitrogens is 1. The summed E-state index contributed by atoms with van der Waals surface area (Å²) in [5.41, 5.74) is 0.976. The predicted molar refractivity (Wildman–Crippen MR) is 85.5 cm³/mol. The highest BCUT2D eigenvalue weighted by Crippen LogP contribution is 2.32. The highest BCUT2D eigenvalue weighted by atomic mass is 19.3. The Balaban J connectivity index is 2.16. The average Bonchev–Trinajstić information content (AvgIpc) is 2.63. The van der Waals surface area contributed by atoms with Crippen LogP contribution >= 0.6 is 0 Å². The van der Waals surface area contributed by atoms with Crippen molar-refractivity contribution in [2.24, 2.45) is 4.99 Å². The molecule has 1 aromatic carbocycles. The molecular formula is C18H17F3N2O. The highest BCUT2D eigenvalue weighted by Gasteiger charge is 2.29. The smallest absolute Gasteiger partial charge is 0.280 e. The molecule has 0 bridgehead atoms. The fourth-order valence-electron chi connectivity index (χ4n) is 2.65. The Morgan fingerprint density at radius 3 is 2.67 bits per heavy atom. The normalized spacial score (nSPS) is 16.2. The number of hydrogen-bond acceptors (Lipinski definition) is 3. The molecule has 1 aromatic heterocycles. The quantitative estimate of drug-likeness (QED) is 0.812. The molecule has 0 atom stereocenters. The van der Waals surface area contributed by atoms with Gasteiger partial charge in [0.15, 0.2) is 11.6 Å². The van der Waals surface area contributed by atoms with Crippen LogP contribution in [-0.4, -0.2) is 22.8 Å². The van der Waals surface area contributed by atoms with Gasteiger partial charge in [-0.2, -0.15) is 0 Å². The molecule has 24 heavy (non-hydrogen) atoms. The molecule has 0 aliphatic carbocycles. The van der Waals surface area contributed by atoms with Crippen molar-refractivity contribution in [1.82, 2.24) is 4.98 Å². The molecule has 0 N–H and O–H groups in total. The fourth-order valence-corrected chi connectivity index (χ4v) is 2.65. The second-order valence-electron chi connectivity index (χ2n) is 6.37. The van der Waals surface area contributed by atoms with E-state index in [1.54, 1.807) is 25.1 Å². The number of halogens is 3. The van der Waals surface area contributed by atoms with Crippen LogP contribution in [0.2, 0.25) is 0 Å². The molecule has 2 heterocycles. The van der Waals surface area contributed by atoms with Crippen molar-refractivity contribution in [3.63, 3.8) is 0 Å². The molecule has 126 valence electrons. The van der Waals surface area contributed by atoms with Gasteiger partial charge in [0, 0.05) is 17.3 Å². The topological polar surface area (TPSA) is 34.5 Å². The van der Waals surface area contributed by atoms with E-state index in [-0.39, 0.29) is 11.4 Å². The van der Waals surface area contributed by atoms with Crippen LogP contribution in [0.15, 0.2) is 35.5 Å². The monoisotopic (exact) mass is 334 g/mol. The lowest BCUT2D eigenvalue weighted by atomic mass is 10.0. The number of pyridine rings is 1. The first-order valence-corrected chi connectivity index (χ1v) is 7.56. The number of para-hydroxylation sites is 1. The van der Waals surface area contributed by atoms with Crippen LogP contribution in [0.5, 0.6) is 5.75 Å². The first-order chi connectivity index (χ1) is 11.3. The van der Waals surface area contributed by atoms with Crippen molar-refractivity contribution in [1.29, 1.82) is 0 Å². The molecule has 3 nitrogen and oxygen atoms in total. The van der Waals surface area contributed by atoms with Crippen LogP contribution in [0, 0.1) is 12.7 Å². The minimum absolute atomic E-state index is 0.120. The molecule has 1 aliphatic rings. The van der Waals surface area contributed by atoms with Crippen LogP contribution in [-0.2, 0) is 0 Å². The van der Waals surface area contributed by atoms with Gasteiger partial charge in [0.1, 0.15) is 11.3 Å². The summed E-state index contributed by atoms with van der Waals surface area (Å²) in [4.78, 5) is 8.39. The van der Waals surface area contributed by atoms with E-state index < -0.39 is 17.8 Å². The third-order valence-corrected chi connectivity index (χ3v) is 3.82. The first-order valence-electron chi connectivity index (χ1n) is 7.56. The summed E-state index contributed by atoms with van der Waals surface area (Å²) in [6, 6.07) is 6.19. The molecule has 2 aromatic rings. The number of hydrogen-bond donors (Lipinski definition) is 0. The third kappa shape index (κ3) is 3.00. The highest BCUT2D eigenvalue weighted by molar-refractivity contribution is 6.14. The van der Waals surface area contributed by atoms with Gasteiger partial charge in [0.05, 0.1) is 12.3 Å². The SMILES string of the molecule is Cc1cc(C2=NCC(C)(C)Oc3c(F)cccc32)cnc1C(F)F. The van der Waals surface area contributed by atoms with Crippen LogP contribution < -0.4 is 4.74 Å². The van der Waals surface area contributed by atoms with Gasteiger partial charge in [0.25, 0.3) is 6.43 Å². The summed E-state index contributed by atoms with van der Waals surface area (Å²) in [5, 5.41) is 0. The molecule has 0 saturated heterocycles. The first kappa shape index (κ1) is 16.5. The van der Waals surface area contributed by atoms with Crippen molar-refractivity contribution in [3.05, 3.63) is 58.7 Å². The average molecular weight is 334 g/mol. The maximum atomic E-state index is 14.2. The maximum Gasteiger partial charge on any atom is 0.280 e. The number of benzene rings is 1. The molecule has 3 rings (SSSR count). The summed E-state index contributed by atoms with van der Waals surface area (Å²) in [5.74, 6) is -0.363. The van der Waals surface area contributed by atoms with Crippen molar-refractivity contribution < 1.29 is 17.9 Å². The van der Waals surface area contributed by atoms with Gasteiger partial charge in [-0.3, -0.25) is 9.98 Å². The van der Waals surface area contributed by atoms with E-state index in [0.717, 1.165) is 0 Å². The number of nitrogens with zero attached hydrogens (tertiary/aromatic N) is 2. The lowest BCUT2D eigenvalue weighted by Crippen LogP contribution is -2.31. The van der Waals surface area contributed by atoms with Crippen LogP contribution in [0.4, 0.5) is 13.2 Å². The Morgan fingerprint density at radius 1 is 1.25 bits per heavy atom. The van der Waals surface area contributed by atoms with Crippen molar-refractivity contribution in [2.45, 2.75) is 32.8 Å². The Hall–Kier alpha value is -2.37. The predicted octanol–water partition coefficient (Wildman–Crippen LogP) is 4.48. The zero-order valence-electron chi connectivity index (χ0n) is 13.6. The van der Waals surface area contributed by atoms with Gasteiger partial charge >= 0.3 is 0 Å². The fraction of sp³-hybridized carbons (Fsp3) is 0.333. The molecule has 0 amide bonds. The minimum atomic E-state index is -2.64. The van der Waals surface area contributed by atoms with E-state index in [9.17, 15) is 13.2 Å². The second-order valence-corrected chi connectivity index (χ2v) is 6.37. The number of aryl methyl sites for hydroxylation is 1. The number of alkyl halides is 2. The zero-order chi connectivity index (χ0) is 17.5. The molecule has 0 spiro atoms. The van der Waals surface area contributed by atoms with Crippen molar-refractivity contribution >= 4 is 5.71 Å². The van der Waals surface area contributed by atoms with E-state index in [1.807, 2.05) is 13.8 Å². The second kappa shape index (κ2) is 5.92. The van der Waals surface area contributed by atoms with E-state index in [0.29, 0.717) is 28.9 Å². The van der Waals surface area contributed by atoms with E-state index >= 15 is 0 Å². The Labute approximate surface area is 138 Å². The van der Waals surface area contributed by atoms with Crippen LogP contribution in [0.1, 0.15) is 42.7 Å². The maximum absolute atomic E-state index is 14.2. The summed E-state index contributed by atoms with van der Waals surface area (Å²) in [6.45, 7) is 5.52. The van der Waals surface area contributed by atoms with E-state index in [4.69, 9.17) is 4.74 Å². The molecule has 0 saturated carbocycles. The molecule has 0 unspecified atom stereocenters. The molecule has 0 fully saturated rings. The molecule has 0 radical (unpaired) electrons. The summed E-state index contributed by atoms with van der Waals surface area (Å²) in [7, 11) is 0. The van der Waals surface area contributed by atoms with Crippen molar-refractivity contribution in [2.75, 3.05) is 6.54 Å². The number of ether oxygens (including phenoxy) is 1. The minimum Gasteiger partial charge on any atom is -0.482 e. The van der Waals surface area contributed by atoms with E-state index in [1.165, 1.54) is 12.3 Å². The van der Waals surface area contributed by atoms with Crippen LogP contribution in [0.25, 0.3) is 0 Å². The Morgan fingerprint density at radius 2 is 2.00 bits per heavy atom. The number of aliphatic imine (C=N–C) groups is 1. The molecular weight excluding hydrogens is 317 g/mol. The molecule has 1 aliphatic heterocycles. The van der Waals surface area contributed by atoms with Gasteiger partial charge in [-0.1, -0.05) is 6.07 Å².